The van der Waals surface area contributed by atoms with E-state index in [0.717, 1.165) is 0 Å². The highest BCUT2D eigenvalue weighted by Crippen LogP contribution is 2.12. The maximum atomic E-state index is 10.9. The number of nitrogens with two attached hydrogens (primary N) is 1. The lowest BCUT2D eigenvalue weighted by atomic mass is 10.1. The molecule has 2 atom stereocenters. The first-order valence-electron chi connectivity index (χ1n) is 4.38. The standard InChI is InChI=1S/C8H17NO4S/c1-2-7(9)8(14(11,12)13)5-3-4-6-10/h2,7-8,10H,1,3-6,9H2,(H,11,12,13). The molecule has 0 aromatic carbocycles. The van der Waals surface area contributed by atoms with Crippen molar-refractivity contribution in [2.75, 3.05) is 6.61 Å². The van der Waals surface area contributed by atoms with Gasteiger partial charge in [-0.3, -0.25) is 4.55 Å². The number of aliphatic hydroxyl groups is 1. The maximum Gasteiger partial charge on any atom is 0.269 e. The highest BCUT2D eigenvalue weighted by atomic mass is 32.2. The van der Waals surface area contributed by atoms with Gasteiger partial charge in [-0.25, -0.2) is 0 Å². The first-order chi connectivity index (χ1) is 6.43. The van der Waals surface area contributed by atoms with Crippen molar-refractivity contribution >= 4 is 10.1 Å². The van der Waals surface area contributed by atoms with Crippen LogP contribution in [-0.4, -0.2) is 36.0 Å². The fourth-order valence-electron chi connectivity index (χ4n) is 1.15. The predicted octanol–water partition coefficient (Wildman–Crippen LogP) is -0.0813. The van der Waals surface area contributed by atoms with Gasteiger partial charge in [-0.1, -0.05) is 6.08 Å². The van der Waals surface area contributed by atoms with Gasteiger partial charge in [0, 0.05) is 12.6 Å². The van der Waals surface area contributed by atoms with Crippen LogP contribution in [0.1, 0.15) is 19.3 Å². The molecule has 4 N–H and O–H groups in total. The summed E-state index contributed by atoms with van der Waals surface area (Å²) in [6, 6.07) is -0.774. The Kier molecular flexibility index (Phi) is 5.94. The predicted molar refractivity (Wildman–Crippen MR) is 54.4 cm³/mol. The molecule has 0 aromatic rings. The fraction of sp³-hybridized carbons (Fsp3) is 0.750. The van der Waals surface area contributed by atoms with Crippen LogP contribution in [-0.2, 0) is 10.1 Å². The Morgan fingerprint density at radius 3 is 2.36 bits per heavy atom. The van der Waals surface area contributed by atoms with Crippen LogP contribution in [0.15, 0.2) is 12.7 Å². The summed E-state index contributed by atoms with van der Waals surface area (Å²) in [5.41, 5.74) is 5.47. The fourth-order valence-corrected chi connectivity index (χ4v) is 2.12. The quantitative estimate of drug-likeness (QED) is 0.318. The summed E-state index contributed by atoms with van der Waals surface area (Å²) in [7, 11) is -4.13. The van der Waals surface area contributed by atoms with Crippen LogP contribution < -0.4 is 5.73 Å². The van der Waals surface area contributed by atoms with Crippen LogP contribution in [0, 0.1) is 0 Å². The van der Waals surface area contributed by atoms with Gasteiger partial charge in [0.2, 0.25) is 0 Å². The summed E-state index contributed by atoms with van der Waals surface area (Å²) in [5.74, 6) is 0. The topological polar surface area (TPSA) is 101 Å². The van der Waals surface area contributed by atoms with Crippen molar-refractivity contribution in [3.63, 3.8) is 0 Å². The van der Waals surface area contributed by atoms with Crippen molar-refractivity contribution in [3.05, 3.63) is 12.7 Å². The zero-order valence-electron chi connectivity index (χ0n) is 7.96. The number of rotatable bonds is 7. The van der Waals surface area contributed by atoms with Gasteiger partial charge in [0.1, 0.15) is 5.25 Å². The highest BCUT2D eigenvalue weighted by Gasteiger charge is 2.27. The molecule has 0 fully saturated rings. The van der Waals surface area contributed by atoms with Crippen molar-refractivity contribution in [2.24, 2.45) is 5.73 Å². The summed E-state index contributed by atoms with van der Waals surface area (Å²) in [5, 5.41) is 7.49. The third-order valence-electron chi connectivity index (χ3n) is 1.98. The zero-order chi connectivity index (χ0) is 11.2. The monoisotopic (exact) mass is 223 g/mol. The summed E-state index contributed by atoms with van der Waals surface area (Å²) >= 11 is 0. The second kappa shape index (κ2) is 6.13. The van der Waals surface area contributed by atoms with E-state index < -0.39 is 21.4 Å². The van der Waals surface area contributed by atoms with Gasteiger partial charge < -0.3 is 10.8 Å². The summed E-state index contributed by atoms with van der Waals surface area (Å²) in [6.07, 6.45) is 2.52. The minimum atomic E-state index is -4.13. The largest absolute Gasteiger partial charge is 0.396 e. The van der Waals surface area contributed by atoms with Gasteiger partial charge in [-0.2, -0.15) is 8.42 Å². The Labute approximate surface area is 84.4 Å². The first kappa shape index (κ1) is 13.6. The molecule has 6 heteroatoms. The minimum Gasteiger partial charge on any atom is -0.396 e. The Hall–Kier alpha value is -0.430. The molecule has 84 valence electrons. The minimum absolute atomic E-state index is 0.00151. The maximum absolute atomic E-state index is 10.9. The molecule has 5 nitrogen and oxygen atoms in total. The Balaban J connectivity index is 4.34. The molecular formula is C8H17NO4S. The average Bonchev–Trinajstić information content (AvgIpc) is 2.09. The molecule has 0 aliphatic carbocycles. The molecule has 14 heavy (non-hydrogen) atoms. The second-order valence-electron chi connectivity index (χ2n) is 3.09. The van der Waals surface area contributed by atoms with Gasteiger partial charge in [-0.05, 0) is 19.3 Å². The van der Waals surface area contributed by atoms with Gasteiger partial charge in [0.15, 0.2) is 0 Å². The molecule has 0 aliphatic rings. The van der Waals surface area contributed by atoms with E-state index in [1.54, 1.807) is 0 Å². The average molecular weight is 223 g/mol. The zero-order valence-corrected chi connectivity index (χ0v) is 8.78. The molecule has 0 rings (SSSR count). The van der Waals surface area contributed by atoms with Crippen molar-refractivity contribution < 1.29 is 18.1 Å². The number of hydrogen-bond acceptors (Lipinski definition) is 4. The Morgan fingerprint density at radius 1 is 1.43 bits per heavy atom. The van der Waals surface area contributed by atoms with E-state index in [1.165, 1.54) is 6.08 Å². The molecule has 0 bridgehead atoms. The van der Waals surface area contributed by atoms with Crippen LogP contribution in [0.25, 0.3) is 0 Å². The summed E-state index contributed by atoms with van der Waals surface area (Å²) in [4.78, 5) is 0. The molecule has 0 saturated heterocycles. The van der Waals surface area contributed by atoms with Gasteiger partial charge >= 0.3 is 0 Å². The van der Waals surface area contributed by atoms with E-state index in [4.69, 9.17) is 15.4 Å². The molecule has 0 radical (unpaired) electrons. The van der Waals surface area contributed by atoms with E-state index in [1.807, 2.05) is 0 Å². The lowest BCUT2D eigenvalue weighted by Crippen LogP contribution is -2.38. The molecule has 0 aromatic heterocycles. The Morgan fingerprint density at radius 2 is 2.00 bits per heavy atom. The lowest BCUT2D eigenvalue weighted by molar-refractivity contribution is 0.282. The molecular weight excluding hydrogens is 206 g/mol. The van der Waals surface area contributed by atoms with E-state index in [2.05, 4.69) is 6.58 Å². The van der Waals surface area contributed by atoms with Crippen LogP contribution in [0.3, 0.4) is 0 Å². The first-order valence-corrected chi connectivity index (χ1v) is 5.89. The summed E-state index contributed by atoms with van der Waals surface area (Å²) in [6.45, 7) is 3.37. The summed E-state index contributed by atoms with van der Waals surface area (Å²) < 4.78 is 30.6. The van der Waals surface area contributed by atoms with Crippen molar-refractivity contribution in [3.8, 4) is 0 Å². The van der Waals surface area contributed by atoms with Crippen LogP contribution in [0.2, 0.25) is 0 Å². The highest BCUT2D eigenvalue weighted by molar-refractivity contribution is 7.86. The molecule has 0 amide bonds. The molecule has 2 unspecified atom stereocenters. The SMILES string of the molecule is C=CC(N)C(CCCCO)S(=O)(=O)O. The van der Waals surface area contributed by atoms with Gasteiger partial charge in [0.25, 0.3) is 10.1 Å². The second-order valence-corrected chi connectivity index (χ2v) is 4.72. The molecule has 0 aliphatic heterocycles. The van der Waals surface area contributed by atoms with Crippen LogP contribution >= 0.6 is 0 Å². The van der Waals surface area contributed by atoms with Crippen LogP contribution in [0.4, 0.5) is 0 Å². The lowest BCUT2D eigenvalue weighted by Gasteiger charge is -2.17. The third kappa shape index (κ3) is 4.71. The van der Waals surface area contributed by atoms with Crippen LogP contribution in [0.5, 0.6) is 0 Å². The third-order valence-corrected chi connectivity index (χ3v) is 3.30. The van der Waals surface area contributed by atoms with E-state index >= 15 is 0 Å². The van der Waals surface area contributed by atoms with E-state index in [-0.39, 0.29) is 13.0 Å². The van der Waals surface area contributed by atoms with Gasteiger partial charge in [0.05, 0.1) is 0 Å². The normalized spacial score (nSPS) is 16.2. The smallest absolute Gasteiger partial charge is 0.269 e. The van der Waals surface area contributed by atoms with Crippen molar-refractivity contribution in [2.45, 2.75) is 30.6 Å². The molecule has 0 heterocycles. The number of unbranched alkanes of at least 4 members (excludes halogenated alkanes) is 1. The van der Waals surface area contributed by atoms with E-state index in [9.17, 15) is 8.42 Å². The van der Waals surface area contributed by atoms with Crippen molar-refractivity contribution in [1.29, 1.82) is 0 Å². The number of aliphatic hydroxyl groups excluding tert-OH is 1. The molecule has 0 spiro atoms. The number of hydrogen-bond donors (Lipinski definition) is 3. The van der Waals surface area contributed by atoms with Gasteiger partial charge in [-0.15, -0.1) is 6.58 Å². The van der Waals surface area contributed by atoms with Crippen molar-refractivity contribution in [1.82, 2.24) is 0 Å². The molecule has 0 saturated carbocycles. The van der Waals surface area contributed by atoms with E-state index in [0.29, 0.717) is 12.8 Å². The Bertz CT molecular complexity index is 263.